The minimum atomic E-state index is -0.0888. The number of hydrogen-bond acceptors (Lipinski definition) is 0. The van der Waals surface area contributed by atoms with Gasteiger partial charge in [-0.3, -0.25) is 0 Å². The van der Waals surface area contributed by atoms with E-state index in [1.807, 2.05) is 0 Å². The fourth-order valence-corrected chi connectivity index (χ4v) is 14.8. The van der Waals surface area contributed by atoms with Crippen LogP contribution in [0.5, 0.6) is 0 Å². The Morgan fingerprint density at radius 2 is 0.584 bits per heavy atom. The third-order valence-corrected chi connectivity index (χ3v) is 19.0. The zero-order valence-corrected chi connectivity index (χ0v) is 49.0. The lowest BCUT2D eigenvalue weighted by molar-refractivity contribution is 0.590. The van der Waals surface area contributed by atoms with Crippen molar-refractivity contribution in [1.29, 1.82) is 0 Å². The quantitative estimate of drug-likeness (QED) is 0.146. The van der Waals surface area contributed by atoms with Gasteiger partial charge in [-0.2, -0.15) is 0 Å². The van der Waals surface area contributed by atoms with Gasteiger partial charge in [0.25, 0.3) is 13.4 Å². The van der Waals surface area contributed by atoms with Gasteiger partial charge >= 0.3 is 0 Å². The van der Waals surface area contributed by atoms with E-state index in [1.54, 1.807) is 0 Å². The second kappa shape index (κ2) is 14.3. The molecule has 77 heavy (non-hydrogen) atoms. The van der Waals surface area contributed by atoms with Crippen LogP contribution in [0.1, 0.15) is 158 Å². The van der Waals surface area contributed by atoms with Gasteiger partial charge in [-0.05, 0) is 153 Å². The minimum absolute atomic E-state index is 0.0216. The Kier molecular flexibility index (Phi) is 8.82. The van der Waals surface area contributed by atoms with Crippen LogP contribution < -0.4 is 32.8 Å². The topological polar surface area (TPSA) is 14.8 Å². The van der Waals surface area contributed by atoms with Gasteiger partial charge in [-0.25, -0.2) is 0 Å². The molecule has 0 N–H and O–H groups in total. The Bertz CT molecular complexity index is 4280. The number of aromatic nitrogens is 3. The van der Waals surface area contributed by atoms with Crippen LogP contribution in [0.4, 0.5) is 0 Å². The van der Waals surface area contributed by atoms with Crippen molar-refractivity contribution >= 4 is 112 Å². The van der Waals surface area contributed by atoms with Crippen LogP contribution >= 0.6 is 0 Å². The first kappa shape index (κ1) is 47.5. The predicted octanol–water partition coefficient (Wildman–Crippen LogP) is 14.7. The molecule has 0 bridgehead atoms. The molecule has 0 spiro atoms. The van der Waals surface area contributed by atoms with Crippen LogP contribution in [-0.4, -0.2) is 27.1 Å². The maximum Gasteiger partial charge on any atom is 0.252 e. The van der Waals surface area contributed by atoms with E-state index in [2.05, 4.69) is 254 Å². The van der Waals surface area contributed by atoms with Gasteiger partial charge in [0.15, 0.2) is 0 Å². The molecule has 0 unspecified atom stereocenters. The van der Waals surface area contributed by atoms with Gasteiger partial charge in [0, 0.05) is 65.6 Å². The highest BCUT2D eigenvalue weighted by Crippen LogP contribution is 2.50. The number of rotatable bonds is 1. The molecule has 5 heteroatoms. The summed E-state index contributed by atoms with van der Waals surface area (Å²) < 4.78 is 8.41. The summed E-state index contributed by atoms with van der Waals surface area (Å²) in [4.78, 5) is 0. The lowest BCUT2D eigenvalue weighted by Gasteiger charge is -2.43. The average molecular weight is 1000 g/mol. The van der Waals surface area contributed by atoms with Crippen LogP contribution in [0.25, 0.3) is 93.6 Å². The Morgan fingerprint density at radius 3 is 0.909 bits per heavy atom. The number of nitrogens with zero attached hydrogens (tertiary/aromatic N) is 3. The van der Waals surface area contributed by atoms with Gasteiger partial charge in [0.1, 0.15) is 0 Å². The van der Waals surface area contributed by atoms with Crippen molar-refractivity contribution in [2.75, 3.05) is 0 Å². The summed E-state index contributed by atoms with van der Waals surface area (Å²) in [6.45, 7) is 43.2. The Balaban J connectivity index is 1.28. The van der Waals surface area contributed by atoms with Crippen LogP contribution in [0.15, 0.2) is 115 Å². The summed E-state index contributed by atoms with van der Waals surface area (Å²) in [6, 6.07) is 47.5. The molecule has 0 saturated carbocycles. The van der Waals surface area contributed by atoms with Crippen LogP contribution in [-0.2, 0) is 32.5 Å². The molecule has 7 heterocycles. The number of hydrogen-bond donors (Lipinski definition) is 0. The highest BCUT2D eigenvalue weighted by Gasteiger charge is 2.52. The van der Waals surface area contributed by atoms with Gasteiger partial charge in [-0.15, -0.1) is 0 Å². The van der Waals surface area contributed by atoms with Crippen LogP contribution in [0, 0.1) is 0 Å². The maximum atomic E-state index is 2.84. The van der Waals surface area contributed by atoms with Crippen molar-refractivity contribution in [3.63, 3.8) is 0 Å². The van der Waals surface area contributed by atoms with E-state index in [-0.39, 0.29) is 45.9 Å². The molecule has 382 valence electrons. The first-order valence-electron chi connectivity index (χ1n) is 28.8. The molecule has 0 atom stereocenters. The summed E-state index contributed by atoms with van der Waals surface area (Å²) in [5.74, 6) is 0. The Morgan fingerprint density at radius 1 is 0.286 bits per heavy atom. The summed E-state index contributed by atoms with van der Waals surface area (Å²) >= 11 is 0. The SMILES string of the molecule is CC(C)(C)c1ccc2c(c1)c1cc(C(C)(C)C)cc3c1n2-c1c2c4c5c(c1-c1ccccc1)-n1c6ccc(C(C)(C)C)cc6c6cc(C(C)(C)C)cc(c61)B5c1cc(C(C)(C)C)cc5c6cc(C(C)(C)C)cc(c6n-4c15)B23. The molecule has 0 radical (unpaired) electrons. The second-order valence-corrected chi connectivity index (χ2v) is 30.3. The molecule has 0 amide bonds. The molecule has 3 nitrogen and oxygen atoms in total. The largest absolute Gasteiger partial charge is 0.311 e. The van der Waals surface area contributed by atoms with E-state index in [9.17, 15) is 0 Å². The smallest absolute Gasteiger partial charge is 0.252 e. The van der Waals surface area contributed by atoms with E-state index in [0.29, 0.717) is 0 Å². The van der Waals surface area contributed by atoms with E-state index >= 15 is 0 Å². The molecule has 11 aromatic rings. The Hall–Kier alpha value is -6.71. The van der Waals surface area contributed by atoms with Crippen LogP contribution in [0.2, 0.25) is 0 Å². The molecule has 3 aromatic heterocycles. The highest BCUT2D eigenvalue weighted by molar-refractivity contribution is 7.04. The fourth-order valence-electron chi connectivity index (χ4n) is 14.8. The van der Waals surface area contributed by atoms with E-state index in [4.69, 9.17) is 0 Å². The fraction of sp³-hybridized carbons (Fsp3) is 0.333. The minimum Gasteiger partial charge on any atom is -0.311 e. The van der Waals surface area contributed by atoms with Gasteiger partial charge < -0.3 is 13.7 Å². The van der Waals surface area contributed by atoms with Crippen molar-refractivity contribution in [1.82, 2.24) is 13.7 Å². The first-order valence-corrected chi connectivity index (χ1v) is 28.8. The molecule has 4 aliphatic rings. The summed E-state index contributed by atoms with van der Waals surface area (Å²) in [5.41, 5.74) is 31.2. The van der Waals surface area contributed by atoms with E-state index in [0.717, 1.165) is 0 Å². The number of benzene rings is 8. The third kappa shape index (κ3) is 6.07. The normalized spacial score (nSPS) is 14.8. The van der Waals surface area contributed by atoms with Gasteiger partial charge in [0.05, 0.1) is 22.4 Å². The molecule has 0 fully saturated rings. The monoisotopic (exact) mass is 1000 g/mol. The lowest BCUT2D eigenvalue weighted by Crippen LogP contribution is -2.67. The van der Waals surface area contributed by atoms with Gasteiger partial charge in [-0.1, -0.05) is 191 Å². The first-order chi connectivity index (χ1) is 36.0. The molecular formula is C72H73B2N3. The zero-order valence-electron chi connectivity index (χ0n) is 49.0. The van der Waals surface area contributed by atoms with Crippen molar-refractivity contribution < 1.29 is 0 Å². The summed E-state index contributed by atoms with van der Waals surface area (Å²) in [6.07, 6.45) is 0. The van der Waals surface area contributed by atoms with Crippen molar-refractivity contribution in [2.45, 2.75) is 157 Å². The van der Waals surface area contributed by atoms with Crippen LogP contribution in [0.3, 0.4) is 0 Å². The number of fused-ring (bicyclic) bond motifs is 13. The molecule has 4 aliphatic heterocycles. The third-order valence-electron chi connectivity index (χ3n) is 19.0. The molecule has 0 aliphatic carbocycles. The summed E-state index contributed by atoms with van der Waals surface area (Å²) in [5, 5.41) is 8.18. The summed E-state index contributed by atoms with van der Waals surface area (Å²) in [7, 11) is 0. The van der Waals surface area contributed by atoms with E-state index < -0.39 is 0 Å². The van der Waals surface area contributed by atoms with Gasteiger partial charge in [0.2, 0.25) is 0 Å². The van der Waals surface area contributed by atoms with Crippen molar-refractivity contribution in [3.05, 3.63) is 149 Å². The zero-order chi connectivity index (χ0) is 54.1. The molecule has 8 aromatic carbocycles. The maximum absolute atomic E-state index is 2.84. The molecule has 0 saturated heterocycles. The second-order valence-electron chi connectivity index (χ2n) is 30.3. The standard InChI is InChI=1S/C72H73B2N3/c1-67(2,3)39-24-26-55-45(28-39)47-30-41(69(7,8)9)34-51-60(47)75(55)64-57(38-22-20-19-21-23-38)65-59-66-58(64)73(51)53-36-43(71(13,14)15)32-49-50-33-44(72(16,17)18)37-54(63(50)77(66)62(49)53)74(59)52-35-42(70(10,11)12)31-48-46-29-40(68(4,5)6)25-27-56(46)76(65)61(48)52/h19-37H,1-18H3. The highest BCUT2D eigenvalue weighted by atomic mass is 15.1. The predicted molar refractivity (Wildman–Crippen MR) is 336 cm³/mol. The van der Waals surface area contributed by atoms with Crippen molar-refractivity contribution in [2.24, 2.45) is 0 Å². The molecular weight excluding hydrogens is 928 g/mol. The lowest BCUT2D eigenvalue weighted by atomic mass is 9.29. The average Bonchev–Trinajstić information content (AvgIpc) is 2.50. The van der Waals surface area contributed by atoms with Crippen molar-refractivity contribution in [3.8, 4) is 28.2 Å². The Labute approximate surface area is 456 Å². The molecule has 15 rings (SSSR count). The van der Waals surface area contributed by atoms with E-state index in [1.165, 1.54) is 160 Å².